The summed E-state index contributed by atoms with van der Waals surface area (Å²) in [7, 11) is 0. The maximum Gasteiger partial charge on any atom is -0.0266 e. The standard InChI is InChI=1S/C19H32/c1-18-11-5-7-16(18)15-9-8-14-6-3-4-12-19(14,2)17(15)10-13-18/h14-17H,3-13H2,1-2H3/t14-,15?,16?,17?,18?,19+/m1/s1. The van der Waals surface area contributed by atoms with Gasteiger partial charge in [-0.25, -0.2) is 0 Å². The first-order valence-corrected chi connectivity index (χ1v) is 9.13. The zero-order valence-electron chi connectivity index (χ0n) is 13.1. The molecule has 4 rings (SSSR count). The van der Waals surface area contributed by atoms with Crippen molar-refractivity contribution in [2.45, 2.75) is 84.5 Å². The van der Waals surface area contributed by atoms with E-state index in [0.717, 1.165) is 34.5 Å². The van der Waals surface area contributed by atoms with Crippen molar-refractivity contribution in [1.29, 1.82) is 0 Å². The average Bonchev–Trinajstić information content (AvgIpc) is 2.79. The van der Waals surface area contributed by atoms with Crippen molar-refractivity contribution in [3.63, 3.8) is 0 Å². The van der Waals surface area contributed by atoms with Crippen LogP contribution in [-0.4, -0.2) is 0 Å². The molecular weight excluding hydrogens is 228 g/mol. The second-order valence-electron chi connectivity index (χ2n) is 8.99. The molecule has 108 valence electrons. The SMILES string of the molecule is CC12CCCC1C1CC[C@H]3CCCC[C@]3(C)C1CC2. The highest BCUT2D eigenvalue weighted by Gasteiger charge is 2.56. The number of fused-ring (bicyclic) bond motifs is 5. The Kier molecular flexibility index (Phi) is 2.84. The molecule has 0 nitrogen and oxygen atoms in total. The van der Waals surface area contributed by atoms with Crippen LogP contribution in [0, 0.1) is 34.5 Å². The fourth-order valence-corrected chi connectivity index (χ4v) is 7.29. The Morgan fingerprint density at radius 3 is 2.47 bits per heavy atom. The topological polar surface area (TPSA) is 0 Å². The van der Waals surface area contributed by atoms with Crippen molar-refractivity contribution in [2.24, 2.45) is 34.5 Å². The Labute approximate surface area is 119 Å². The minimum Gasteiger partial charge on any atom is -0.0594 e. The zero-order valence-corrected chi connectivity index (χ0v) is 13.1. The van der Waals surface area contributed by atoms with Crippen LogP contribution in [0.5, 0.6) is 0 Å². The smallest absolute Gasteiger partial charge is 0.0266 e. The van der Waals surface area contributed by atoms with E-state index in [1.165, 1.54) is 19.3 Å². The van der Waals surface area contributed by atoms with E-state index in [-0.39, 0.29) is 0 Å². The van der Waals surface area contributed by atoms with Crippen molar-refractivity contribution in [3.05, 3.63) is 0 Å². The van der Waals surface area contributed by atoms with E-state index in [1.807, 2.05) is 0 Å². The Morgan fingerprint density at radius 1 is 0.684 bits per heavy atom. The maximum absolute atomic E-state index is 2.70. The fraction of sp³-hybridized carbons (Fsp3) is 1.00. The molecule has 4 fully saturated rings. The predicted octanol–water partition coefficient (Wildman–Crippen LogP) is 5.81. The first-order chi connectivity index (χ1) is 9.13. The monoisotopic (exact) mass is 260 g/mol. The summed E-state index contributed by atoms with van der Waals surface area (Å²) >= 11 is 0. The molecule has 0 saturated heterocycles. The molecule has 0 aromatic rings. The van der Waals surface area contributed by atoms with Crippen molar-refractivity contribution < 1.29 is 0 Å². The fourth-order valence-electron chi connectivity index (χ4n) is 7.29. The molecule has 0 aliphatic heterocycles. The van der Waals surface area contributed by atoms with Gasteiger partial charge in [-0.15, -0.1) is 0 Å². The summed E-state index contributed by atoms with van der Waals surface area (Å²) in [6.45, 7) is 5.33. The van der Waals surface area contributed by atoms with Gasteiger partial charge in [0, 0.05) is 0 Å². The van der Waals surface area contributed by atoms with Crippen molar-refractivity contribution in [3.8, 4) is 0 Å². The molecule has 0 aromatic heterocycles. The summed E-state index contributed by atoms with van der Waals surface area (Å²) < 4.78 is 0. The van der Waals surface area contributed by atoms with Crippen LogP contribution in [0.4, 0.5) is 0 Å². The molecular formula is C19H32. The van der Waals surface area contributed by atoms with Gasteiger partial charge < -0.3 is 0 Å². The molecule has 0 bridgehead atoms. The van der Waals surface area contributed by atoms with Crippen molar-refractivity contribution >= 4 is 0 Å². The third kappa shape index (κ3) is 1.70. The van der Waals surface area contributed by atoms with Crippen LogP contribution in [-0.2, 0) is 0 Å². The molecule has 4 aliphatic carbocycles. The largest absolute Gasteiger partial charge is 0.0594 e. The molecule has 0 radical (unpaired) electrons. The molecule has 0 heteroatoms. The lowest BCUT2D eigenvalue weighted by Gasteiger charge is -2.60. The Morgan fingerprint density at radius 2 is 1.58 bits per heavy atom. The van der Waals surface area contributed by atoms with Gasteiger partial charge in [-0.3, -0.25) is 0 Å². The van der Waals surface area contributed by atoms with Gasteiger partial charge in [0.05, 0.1) is 0 Å². The van der Waals surface area contributed by atoms with Crippen molar-refractivity contribution in [1.82, 2.24) is 0 Å². The molecule has 0 heterocycles. The van der Waals surface area contributed by atoms with E-state index >= 15 is 0 Å². The zero-order chi connectivity index (χ0) is 13.1. The molecule has 0 N–H and O–H groups in total. The first kappa shape index (κ1) is 12.7. The minimum absolute atomic E-state index is 0.741. The van der Waals surface area contributed by atoms with E-state index in [1.54, 1.807) is 51.4 Å². The highest BCUT2D eigenvalue weighted by molar-refractivity contribution is 5.06. The third-order valence-electron chi connectivity index (χ3n) is 8.36. The predicted molar refractivity (Wildman–Crippen MR) is 81.0 cm³/mol. The van der Waals surface area contributed by atoms with Crippen LogP contribution >= 0.6 is 0 Å². The van der Waals surface area contributed by atoms with Crippen molar-refractivity contribution in [2.75, 3.05) is 0 Å². The van der Waals surface area contributed by atoms with Gasteiger partial charge in [0.15, 0.2) is 0 Å². The molecule has 4 aliphatic rings. The summed E-state index contributed by atoms with van der Waals surface area (Å²) in [5.74, 6) is 4.41. The highest BCUT2D eigenvalue weighted by atomic mass is 14.6. The van der Waals surface area contributed by atoms with Crippen LogP contribution in [0.15, 0.2) is 0 Å². The molecule has 4 unspecified atom stereocenters. The van der Waals surface area contributed by atoms with E-state index in [4.69, 9.17) is 0 Å². The van der Waals surface area contributed by atoms with Gasteiger partial charge in [0.2, 0.25) is 0 Å². The van der Waals surface area contributed by atoms with Crippen LogP contribution in [0.3, 0.4) is 0 Å². The molecule has 4 saturated carbocycles. The Hall–Kier alpha value is 0. The van der Waals surface area contributed by atoms with Crippen LogP contribution in [0.1, 0.15) is 84.5 Å². The van der Waals surface area contributed by atoms with E-state index in [9.17, 15) is 0 Å². The van der Waals surface area contributed by atoms with Gasteiger partial charge in [0.1, 0.15) is 0 Å². The third-order valence-corrected chi connectivity index (χ3v) is 8.36. The normalized spacial score (nSPS) is 57.2. The summed E-state index contributed by atoms with van der Waals surface area (Å²) in [5, 5.41) is 0. The van der Waals surface area contributed by atoms with Gasteiger partial charge in [-0.1, -0.05) is 33.1 Å². The molecule has 0 aromatic carbocycles. The second kappa shape index (κ2) is 4.25. The summed E-state index contributed by atoms with van der Waals surface area (Å²) in [5.41, 5.74) is 1.49. The van der Waals surface area contributed by atoms with Crippen LogP contribution in [0.2, 0.25) is 0 Å². The minimum atomic E-state index is 0.741. The quantitative estimate of drug-likeness (QED) is 0.515. The van der Waals surface area contributed by atoms with Gasteiger partial charge in [-0.05, 0) is 85.9 Å². The second-order valence-corrected chi connectivity index (χ2v) is 8.99. The van der Waals surface area contributed by atoms with Crippen LogP contribution < -0.4 is 0 Å². The summed E-state index contributed by atoms with van der Waals surface area (Å²) in [4.78, 5) is 0. The first-order valence-electron chi connectivity index (χ1n) is 9.13. The van der Waals surface area contributed by atoms with Gasteiger partial charge in [0.25, 0.3) is 0 Å². The van der Waals surface area contributed by atoms with Crippen LogP contribution in [0.25, 0.3) is 0 Å². The van der Waals surface area contributed by atoms with E-state index in [0.29, 0.717) is 0 Å². The van der Waals surface area contributed by atoms with E-state index < -0.39 is 0 Å². The highest BCUT2D eigenvalue weighted by Crippen LogP contribution is 2.66. The summed E-state index contributed by atoms with van der Waals surface area (Å²) in [6, 6.07) is 0. The molecule has 0 amide bonds. The molecule has 6 atom stereocenters. The number of hydrogen-bond donors (Lipinski definition) is 0. The van der Waals surface area contributed by atoms with Gasteiger partial charge >= 0.3 is 0 Å². The maximum atomic E-state index is 2.70. The lowest BCUT2D eigenvalue weighted by Crippen LogP contribution is -2.51. The average molecular weight is 260 g/mol. The molecule has 19 heavy (non-hydrogen) atoms. The lowest BCUT2D eigenvalue weighted by molar-refractivity contribution is -0.103. The number of hydrogen-bond acceptors (Lipinski definition) is 0. The Balaban J connectivity index is 1.64. The Bertz CT molecular complexity index is 359. The van der Waals surface area contributed by atoms with Gasteiger partial charge in [-0.2, -0.15) is 0 Å². The lowest BCUT2D eigenvalue weighted by atomic mass is 9.45. The van der Waals surface area contributed by atoms with E-state index in [2.05, 4.69) is 13.8 Å². The molecule has 0 spiro atoms. The number of rotatable bonds is 0. The summed E-state index contributed by atoms with van der Waals surface area (Å²) in [6.07, 6.45) is 17.1.